The number of hydrazine groups is 1. The third kappa shape index (κ3) is 2.07. The molecule has 6 heteroatoms. The quantitative estimate of drug-likeness (QED) is 0.567. The van der Waals surface area contributed by atoms with Crippen molar-refractivity contribution in [3.63, 3.8) is 0 Å². The average Bonchev–Trinajstić information content (AvgIpc) is 2.80. The molecule has 1 unspecified atom stereocenters. The summed E-state index contributed by atoms with van der Waals surface area (Å²) in [5.74, 6) is 5.54. The summed E-state index contributed by atoms with van der Waals surface area (Å²) in [5.41, 5.74) is 4.66. The van der Waals surface area contributed by atoms with Crippen LogP contribution in [0.15, 0.2) is 31.1 Å². The Morgan fingerprint density at radius 1 is 1.31 bits per heavy atom. The molecule has 0 amide bonds. The van der Waals surface area contributed by atoms with Crippen LogP contribution in [-0.4, -0.2) is 19.7 Å². The molecule has 2 heterocycles. The molecule has 0 bridgehead atoms. The maximum Gasteiger partial charge on any atom is 0.115 e. The first-order valence-electron chi connectivity index (χ1n) is 5.08. The van der Waals surface area contributed by atoms with Crippen molar-refractivity contribution in [3.05, 3.63) is 42.2 Å². The third-order valence-corrected chi connectivity index (χ3v) is 2.39. The first kappa shape index (κ1) is 10.7. The minimum Gasteiger partial charge on any atom is -0.273 e. The SMILES string of the molecule is CCn1cc(C(NN)c2cncnc2)cn1. The lowest BCUT2D eigenvalue weighted by molar-refractivity contribution is 0.626. The highest BCUT2D eigenvalue weighted by atomic mass is 15.3. The molecule has 2 aromatic heterocycles. The molecular weight excluding hydrogens is 204 g/mol. The number of nitrogens with two attached hydrogens (primary N) is 1. The van der Waals surface area contributed by atoms with Gasteiger partial charge in [-0.3, -0.25) is 10.5 Å². The molecule has 0 aliphatic rings. The number of aryl methyl sites for hydroxylation is 1. The van der Waals surface area contributed by atoms with Crippen molar-refractivity contribution < 1.29 is 0 Å². The highest BCUT2D eigenvalue weighted by Crippen LogP contribution is 2.18. The Morgan fingerprint density at radius 2 is 2.06 bits per heavy atom. The predicted octanol–water partition coefficient (Wildman–Crippen LogP) is 0.246. The van der Waals surface area contributed by atoms with E-state index in [9.17, 15) is 0 Å². The van der Waals surface area contributed by atoms with Crippen LogP contribution < -0.4 is 11.3 Å². The van der Waals surface area contributed by atoms with E-state index in [2.05, 4.69) is 20.5 Å². The highest BCUT2D eigenvalue weighted by Gasteiger charge is 2.14. The van der Waals surface area contributed by atoms with Crippen LogP contribution in [0.2, 0.25) is 0 Å². The molecular formula is C10H14N6. The molecule has 1 atom stereocenters. The number of aromatic nitrogens is 4. The van der Waals surface area contributed by atoms with Crippen LogP contribution in [0.3, 0.4) is 0 Å². The summed E-state index contributed by atoms with van der Waals surface area (Å²) < 4.78 is 1.85. The fourth-order valence-corrected chi connectivity index (χ4v) is 1.55. The second-order valence-corrected chi connectivity index (χ2v) is 3.40. The highest BCUT2D eigenvalue weighted by molar-refractivity contribution is 5.24. The largest absolute Gasteiger partial charge is 0.273 e. The molecule has 6 nitrogen and oxygen atoms in total. The maximum atomic E-state index is 5.54. The summed E-state index contributed by atoms with van der Waals surface area (Å²) in [5, 5.41) is 4.21. The van der Waals surface area contributed by atoms with Gasteiger partial charge in [0.15, 0.2) is 0 Å². The number of nitrogens with one attached hydrogen (secondary N) is 1. The van der Waals surface area contributed by atoms with Crippen molar-refractivity contribution in [3.8, 4) is 0 Å². The van der Waals surface area contributed by atoms with Crippen LogP contribution in [0.4, 0.5) is 0 Å². The van der Waals surface area contributed by atoms with Crippen molar-refractivity contribution >= 4 is 0 Å². The summed E-state index contributed by atoms with van der Waals surface area (Å²) in [6.45, 7) is 2.87. The van der Waals surface area contributed by atoms with Crippen LogP contribution in [0.5, 0.6) is 0 Å². The molecule has 16 heavy (non-hydrogen) atoms. The van der Waals surface area contributed by atoms with Crippen molar-refractivity contribution in [2.24, 2.45) is 5.84 Å². The first-order chi connectivity index (χ1) is 7.85. The predicted molar refractivity (Wildman–Crippen MR) is 59.1 cm³/mol. The lowest BCUT2D eigenvalue weighted by Crippen LogP contribution is -2.28. The summed E-state index contributed by atoms with van der Waals surface area (Å²) in [6, 6.07) is -0.124. The minimum atomic E-state index is -0.124. The topological polar surface area (TPSA) is 81.7 Å². The molecule has 2 rings (SSSR count). The normalized spacial score (nSPS) is 12.6. The van der Waals surface area contributed by atoms with Gasteiger partial charge in [-0.15, -0.1) is 0 Å². The van der Waals surface area contributed by atoms with E-state index in [1.54, 1.807) is 18.6 Å². The molecule has 0 aliphatic heterocycles. The Balaban J connectivity index is 2.29. The standard InChI is InChI=1S/C10H14N6/c1-2-16-6-9(5-14-16)10(15-11)8-3-12-7-13-4-8/h3-7,10,15H,2,11H2,1H3. The molecule has 0 saturated heterocycles. The van der Waals surface area contributed by atoms with Crippen LogP contribution in [-0.2, 0) is 6.54 Å². The zero-order chi connectivity index (χ0) is 11.4. The van der Waals surface area contributed by atoms with Gasteiger partial charge in [-0.2, -0.15) is 5.10 Å². The second-order valence-electron chi connectivity index (χ2n) is 3.40. The van der Waals surface area contributed by atoms with Gasteiger partial charge in [-0.1, -0.05) is 0 Å². The number of rotatable bonds is 4. The molecule has 3 N–H and O–H groups in total. The number of hydrogen-bond donors (Lipinski definition) is 2. The Labute approximate surface area is 93.5 Å². The van der Waals surface area contributed by atoms with E-state index in [1.165, 1.54) is 6.33 Å². The van der Waals surface area contributed by atoms with E-state index in [0.29, 0.717) is 0 Å². The van der Waals surface area contributed by atoms with E-state index in [1.807, 2.05) is 17.8 Å². The Kier molecular flexibility index (Phi) is 3.23. The third-order valence-electron chi connectivity index (χ3n) is 2.39. The van der Waals surface area contributed by atoms with Gasteiger partial charge < -0.3 is 0 Å². The van der Waals surface area contributed by atoms with Crippen LogP contribution >= 0.6 is 0 Å². The van der Waals surface area contributed by atoms with Gasteiger partial charge in [-0.25, -0.2) is 15.4 Å². The van der Waals surface area contributed by atoms with Crippen LogP contribution in [0.1, 0.15) is 24.1 Å². The lowest BCUT2D eigenvalue weighted by atomic mass is 10.1. The molecule has 2 aromatic rings. The van der Waals surface area contributed by atoms with Gasteiger partial charge in [0.1, 0.15) is 6.33 Å². The molecule has 0 aromatic carbocycles. The van der Waals surface area contributed by atoms with E-state index >= 15 is 0 Å². The van der Waals surface area contributed by atoms with Gasteiger partial charge in [0.05, 0.1) is 12.2 Å². The summed E-state index contributed by atoms with van der Waals surface area (Å²) >= 11 is 0. The van der Waals surface area contributed by atoms with Gasteiger partial charge >= 0.3 is 0 Å². The minimum absolute atomic E-state index is 0.124. The Morgan fingerprint density at radius 3 is 2.62 bits per heavy atom. The number of nitrogens with zero attached hydrogens (tertiary/aromatic N) is 4. The van der Waals surface area contributed by atoms with Gasteiger partial charge in [-0.05, 0) is 6.92 Å². The van der Waals surface area contributed by atoms with Crippen molar-refractivity contribution in [2.45, 2.75) is 19.5 Å². The van der Waals surface area contributed by atoms with Crippen LogP contribution in [0.25, 0.3) is 0 Å². The second kappa shape index (κ2) is 4.82. The maximum absolute atomic E-state index is 5.54. The van der Waals surface area contributed by atoms with E-state index in [-0.39, 0.29) is 6.04 Å². The lowest BCUT2D eigenvalue weighted by Gasteiger charge is -2.13. The van der Waals surface area contributed by atoms with Crippen molar-refractivity contribution in [1.29, 1.82) is 0 Å². The average molecular weight is 218 g/mol. The fourth-order valence-electron chi connectivity index (χ4n) is 1.55. The van der Waals surface area contributed by atoms with Crippen molar-refractivity contribution in [2.75, 3.05) is 0 Å². The Hall–Kier alpha value is -1.79. The molecule has 84 valence electrons. The molecule has 0 saturated carbocycles. The zero-order valence-corrected chi connectivity index (χ0v) is 9.04. The zero-order valence-electron chi connectivity index (χ0n) is 9.04. The molecule has 0 aliphatic carbocycles. The molecule has 0 radical (unpaired) electrons. The monoisotopic (exact) mass is 218 g/mol. The summed E-state index contributed by atoms with van der Waals surface area (Å²) in [6.07, 6.45) is 8.72. The van der Waals surface area contributed by atoms with Gasteiger partial charge in [0.2, 0.25) is 0 Å². The first-order valence-corrected chi connectivity index (χ1v) is 5.08. The van der Waals surface area contributed by atoms with E-state index in [4.69, 9.17) is 5.84 Å². The molecule has 0 spiro atoms. The molecule has 0 fully saturated rings. The number of hydrogen-bond acceptors (Lipinski definition) is 5. The summed E-state index contributed by atoms with van der Waals surface area (Å²) in [7, 11) is 0. The van der Waals surface area contributed by atoms with Gasteiger partial charge in [0.25, 0.3) is 0 Å². The smallest absolute Gasteiger partial charge is 0.115 e. The van der Waals surface area contributed by atoms with E-state index in [0.717, 1.165) is 17.7 Å². The van der Waals surface area contributed by atoms with E-state index < -0.39 is 0 Å². The fraction of sp³-hybridized carbons (Fsp3) is 0.300. The Bertz CT molecular complexity index is 438. The van der Waals surface area contributed by atoms with Crippen LogP contribution in [0, 0.1) is 0 Å². The summed E-state index contributed by atoms with van der Waals surface area (Å²) in [4.78, 5) is 7.94. The van der Waals surface area contributed by atoms with Crippen molar-refractivity contribution in [1.82, 2.24) is 25.2 Å². The van der Waals surface area contributed by atoms with Gasteiger partial charge in [0, 0.05) is 36.3 Å².